The second kappa shape index (κ2) is 4.30. The number of aromatic amines is 1. The quantitative estimate of drug-likeness (QED) is 0.741. The molecule has 0 atom stereocenters. The first-order chi connectivity index (χ1) is 8.86. The maximum Gasteiger partial charge on any atom is 0.140 e. The second-order valence-electron chi connectivity index (χ2n) is 4.01. The van der Waals surface area contributed by atoms with Crippen LogP contribution in [0.25, 0.3) is 22.4 Å². The molecule has 0 radical (unpaired) electrons. The highest BCUT2D eigenvalue weighted by atomic mass is 14.9. The third-order valence-electron chi connectivity index (χ3n) is 2.76. The smallest absolute Gasteiger partial charge is 0.140 e. The topological polar surface area (TPSA) is 65.4 Å². The van der Waals surface area contributed by atoms with Crippen LogP contribution < -0.4 is 0 Å². The number of rotatable bonds is 2. The third kappa shape index (κ3) is 1.82. The van der Waals surface area contributed by atoms with Gasteiger partial charge < -0.3 is 4.98 Å². The first kappa shape index (κ1) is 10.5. The molecular weight excluding hydrogens is 224 g/mol. The maximum atomic E-state index is 8.69. The monoisotopic (exact) mass is 234 g/mol. The number of pyridine rings is 1. The van der Waals surface area contributed by atoms with Crippen molar-refractivity contribution in [3.8, 4) is 17.5 Å². The van der Waals surface area contributed by atoms with Crippen LogP contribution in [0.15, 0.2) is 42.7 Å². The summed E-state index contributed by atoms with van der Waals surface area (Å²) in [5.41, 5.74) is 3.79. The van der Waals surface area contributed by atoms with Crippen LogP contribution in [0.2, 0.25) is 0 Å². The fourth-order valence-corrected chi connectivity index (χ4v) is 1.90. The van der Waals surface area contributed by atoms with Gasteiger partial charge in [0.25, 0.3) is 0 Å². The van der Waals surface area contributed by atoms with Gasteiger partial charge in [0.05, 0.1) is 23.5 Å². The molecule has 86 valence electrons. The van der Waals surface area contributed by atoms with Crippen LogP contribution in [0.4, 0.5) is 0 Å². The molecule has 0 fully saturated rings. The molecule has 3 rings (SSSR count). The summed E-state index contributed by atoms with van der Waals surface area (Å²) in [4.78, 5) is 11.8. The predicted molar refractivity (Wildman–Crippen MR) is 68.6 cm³/mol. The van der Waals surface area contributed by atoms with Crippen LogP contribution in [-0.4, -0.2) is 15.0 Å². The minimum Gasteiger partial charge on any atom is -0.338 e. The van der Waals surface area contributed by atoms with E-state index < -0.39 is 0 Å². The van der Waals surface area contributed by atoms with Crippen LogP contribution in [0, 0.1) is 11.3 Å². The molecule has 0 saturated carbocycles. The van der Waals surface area contributed by atoms with Crippen LogP contribution >= 0.6 is 0 Å². The Hall–Kier alpha value is -2.67. The van der Waals surface area contributed by atoms with Crippen molar-refractivity contribution in [2.24, 2.45) is 0 Å². The summed E-state index contributed by atoms with van der Waals surface area (Å²) in [5.74, 6) is 0.798. The average Bonchev–Trinajstić information content (AvgIpc) is 2.83. The highest BCUT2D eigenvalue weighted by molar-refractivity contribution is 5.79. The number of aromatic nitrogens is 3. The van der Waals surface area contributed by atoms with Crippen molar-refractivity contribution in [2.45, 2.75) is 6.42 Å². The lowest BCUT2D eigenvalue weighted by Crippen LogP contribution is -1.80. The Balaban J connectivity index is 2.09. The molecule has 0 spiro atoms. The first-order valence-corrected chi connectivity index (χ1v) is 5.63. The lowest BCUT2D eigenvalue weighted by molar-refractivity contribution is 1.27. The average molecular weight is 234 g/mol. The van der Waals surface area contributed by atoms with Crippen molar-refractivity contribution in [2.75, 3.05) is 0 Å². The summed E-state index contributed by atoms with van der Waals surface area (Å²) in [6.45, 7) is 0. The van der Waals surface area contributed by atoms with Crippen LogP contribution in [-0.2, 0) is 6.42 Å². The number of imidazole rings is 1. The molecule has 4 nitrogen and oxygen atoms in total. The van der Waals surface area contributed by atoms with Crippen molar-refractivity contribution in [3.63, 3.8) is 0 Å². The Bertz CT molecular complexity index is 722. The van der Waals surface area contributed by atoms with E-state index in [9.17, 15) is 0 Å². The van der Waals surface area contributed by atoms with Gasteiger partial charge in [0.1, 0.15) is 5.82 Å². The van der Waals surface area contributed by atoms with Gasteiger partial charge in [0, 0.05) is 18.0 Å². The van der Waals surface area contributed by atoms with Gasteiger partial charge in [-0.15, -0.1) is 0 Å². The Morgan fingerprint density at radius 3 is 3.00 bits per heavy atom. The lowest BCUT2D eigenvalue weighted by atomic mass is 10.1. The zero-order valence-corrected chi connectivity index (χ0v) is 9.59. The largest absolute Gasteiger partial charge is 0.338 e. The van der Waals surface area contributed by atoms with E-state index in [0.717, 1.165) is 28.0 Å². The SMILES string of the molecule is N#CCc1ccc2nc(-c3cccnc3)[nH]c2c1. The maximum absolute atomic E-state index is 8.69. The predicted octanol–water partition coefficient (Wildman–Crippen LogP) is 2.69. The number of nitrogens with zero attached hydrogens (tertiary/aromatic N) is 3. The van der Waals surface area contributed by atoms with Gasteiger partial charge in [-0.1, -0.05) is 6.07 Å². The fourth-order valence-electron chi connectivity index (χ4n) is 1.90. The van der Waals surface area contributed by atoms with Gasteiger partial charge in [0.15, 0.2) is 0 Å². The molecule has 2 aromatic heterocycles. The van der Waals surface area contributed by atoms with E-state index in [4.69, 9.17) is 5.26 Å². The second-order valence-corrected chi connectivity index (χ2v) is 4.01. The van der Waals surface area contributed by atoms with E-state index in [1.165, 1.54) is 0 Å². The molecule has 0 saturated heterocycles. The minimum absolute atomic E-state index is 0.414. The van der Waals surface area contributed by atoms with Crippen LogP contribution in [0.5, 0.6) is 0 Å². The lowest BCUT2D eigenvalue weighted by Gasteiger charge is -1.93. The number of H-pyrrole nitrogens is 1. The van der Waals surface area contributed by atoms with Gasteiger partial charge in [0.2, 0.25) is 0 Å². The fraction of sp³-hybridized carbons (Fsp3) is 0.0714. The highest BCUT2D eigenvalue weighted by Gasteiger charge is 2.05. The molecule has 2 heterocycles. The summed E-state index contributed by atoms with van der Waals surface area (Å²) in [7, 11) is 0. The molecule has 0 bridgehead atoms. The molecular formula is C14H10N4. The zero-order valence-electron chi connectivity index (χ0n) is 9.59. The van der Waals surface area contributed by atoms with Gasteiger partial charge in [-0.3, -0.25) is 4.98 Å². The Kier molecular flexibility index (Phi) is 2.50. The zero-order chi connectivity index (χ0) is 12.4. The summed E-state index contributed by atoms with van der Waals surface area (Å²) in [6, 6.07) is 11.8. The molecule has 18 heavy (non-hydrogen) atoms. The summed E-state index contributed by atoms with van der Waals surface area (Å²) < 4.78 is 0. The standard InChI is InChI=1S/C14H10N4/c15-6-5-10-3-4-12-13(8-10)18-14(17-12)11-2-1-7-16-9-11/h1-4,7-9H,5H2,(H,17,18). The molecule has 3 aromatic rings. The number of fused-ring (bicyclic) bond motifs is 1. The molecule has 4 heteroatoms. The van der Waals surface area contributed by atoms with E-state index in [2.05, 4.69) is 21.0 Å². The number of hydrogen-bond acceptors (Lipinski definition) is 3. The van der Waals surface area contributed by atoms with Crippen molar-refractivity contribution < 1.29 is 0 Å². The molecule has 1 aromatic carbocycles. The van der Waals surface area contributed by atoms with Gasteiger partial charge >= 0.3 is 0 Å². The van der Waals surface area contributed by atoms with Gasteiger partial charge in [-0.05, 0) is 29.8 Å². The van der Waals surface area contributed by atoms with Crippen LogP contribution in [0.1, 0.15) is 5.56 Å². The normalized spacial score (nSPS) is 10.4. The van der Waals surface area contributed by atoms with Crippen molar-refractivity contribution >= 4 is 11.0 Å². The number of hydrogen-bond donors (Lipinski definition) is 1. The molecule has 0 unspecified atom stereocenters. The van der Waals surface area contributed by atoms with Crippen molar-refractivity contribution in [1.82, 2.24) is 15.0 Å². The molecule has 0 aliphatic carbocycles. The molecule has 0 aliphatic heterocycles. The molecule has 0 aliphatic rings. The number of nitrogens with one attached hydrogen (secondary N) is 1. The van der Waals surface area contributed by atoms with Crippen LogP contribution in [0.3, 0.4) is 0 Å². The summed E-state index contributed by atoms with van der Waals surface area (Å²) in [5, 5.41) is 8.69. The highest BCUT2D eigenvalue weighted by Crippen LogP contribution is 2.20. The van der Waals surface area contributed by atoms with Gasteiger partial charge in [-0.25, -0.2) is 4.98 Å². The van der Waals surface area contributed by atoms with Crippen molar-refractivity contribution in [3.05, 3.63) is 48.3 Å². The van der Waals surface area contributed by atoms with E-state index in [1.54, 1.807) is 12.4 Å². The van der Waals surface area contributed by atoms with Crippen molar-refractivity contribution in [1.29, 1.82) is 5.26 Å². The minimum atomic E-state index is 0.414. The summed E-state index contributed by atoms with van der Waals surface area (Å²) in [6.07, 6.45) is 3.92. The van der Waals surface area contributed by atoms with Gasteiger partial charge in [-0.2, -0.15) is 5.26 Å². The number of nitriles is 1. The number of benzene rings is 1. The Labute approximate surface area is 104 Å². The molecule has 1 N–H and O–H groups in total. The van der Waals surface area contributed by atoms with E-state index >= 15 is 0 Å². The Morgan fingerprint density at radius 1 is 1.28 bits per heavy atom. The first-order valence-electron chi connectivity index (χ1n) is 5.63. The summed E-state index contributed by atoms with van der Waals surface area (Å²) >= 11 is 0. The van der Waals surface area contributed by atoms with E-state index in [1.807, 2.05) is 30.3 Å². The Morgan fingerprint density at radius 2 is 2.22 bits per heavy atom. The molecule has 0 amide bonds. The third-order valence-corrected chi connectivity index (χ3v) is 2.76. The van der Waals surface area contributed by atoms with E-state index in [-0.39, 0.29) is 0 Å². The van der Waals surface area contributed by atoms with E-state index in [0.29, 0.717) is 6.42 Å².